The van der Waals surface area contributed by atoms with E-state index in [-0.39, 0.29) is 18.1 Å². The fourth-order valence-electron chi connectivity index (χ4n) is 4.92. The number of carbonyl (C=O) groups is 2. The quantitative estimate of drug-likeness (QED) is 0.221. The summed E-state index contributed by atoms with van der Waals surface area (Å²) in [7, 11) is 3.99. The highest BCUT2D eigenvalue weighted by molar-refractivity contribution is 6.39. The number of amides is 1. The van der Waals surface area contributed by atoms with Gasteiger partial charge in [-0.1, -0.05) is 66.2 Å². The third-order valence-corrected chi connectivity index (χ3v) is 7.98. The van der Waals surface area contributed by atoms with E-state index in [4.69, 9.17) is 44.5 Å². The van der Waals surface area contributed by atoms with Crippen LogP contribution in [0.3, 0.4) is 0 Å². The van der Waals surface area contributed by atoms with Crippen molar-refractivity contribution in [3.8, 4) is 28.1 Å². The second-order valence-electron chi connectivity index (χ2n) is 10.2. The maximum absolute atomic E-state index is 13.4. The van der Waals surface area contributed by atoms with E-state index in [1.807, 2.05) is 14.1 Å². The van der Waals surface area contributed by atoms with E-state index in [1.165, 1.54) is 0 Å². The normalized spacial score (nSPS) is 14.3. The van der Waals surface area contributed by atoms with Crippen molar-refractivity contribution < 1.29 is 19.4 Å². The predicted molar refractivity (Wildman–Crippen MR) is 167 cm³/mol. The summed E-state index contributed by atoms with van der Waals surface area (Å²) >= 11 is 19.6. The van der Waals surface area contributed by atoms with Crippen LogP contribution < -0.4 is 10.1 Å². The maximum atomic E-state index is 13.4. The summed E-state index contributed by atoms with van der Waals surface area (Å²) in [5, 5.41) is 14.0. The topological polar surface area (TPSA) is 91.8 Å². The highest BCUT2D eigenvalue weighted by Gasteiger charge is 2.41. The summed E-state index contributed by atoms with van der Waals surface area (Å²) in [6.07, 6.45) is 3.97. The van der Waals surface area contributed by atoms with E-state index in [9.17, 15) is 14.7 Å². The Hall–Kier alpha value is -2.55. The van der Waals surface area contributed by atoms with E-state index in [0.717, 1.165) is 32.2 Å². The van der Waals surface area contributed by atoms with Crippen molar-refractivity contribution in [2.45, 2.75) is 44.1 Å². The summed E-state index contributed by atoms with van der Waals surface area (Å²) in [5.41, 5.74) is 1.02. The van der Waals surface area contributed by atoms with Gasteiger partial charge in [0.05, 0.1) is 17.3 Å². The molecular formula is C30H33Cl4N3O4. The molecule has 11 heteroatoms. The van der Waals surface area contributed by atoms with Crippen LogP contribution in [0.15, 0.2) is 48.5 Å². The molecule has 1 saturated carbocycles. The number of pyridine rings is 1. The molecule has 2 aromatic carbocycles. The van der Waals surface area contributed by atoms with Crippen LogP contribution in [0.4, 0.5) is 0 Å². The van der Waals surface area contributed by atoms with Crippen LogP contribution in [0.5, 0.6) is 5.75 Å². The molecule has 1 fully saturated rings. The number of carboxylic acids is 1. The van der Waals surface area contributed by atoms with Gasteiger partial charge in [-0.05, 0) is 69.8 Å². The van der Waals surface area contributed by atoms with Gasteiger partial charge in [-0.2, -0.15) is 0 Å². The lowest BCUT2D eigenvalue weighted by Gasteiger charge is -2.33. The zero-order valence-corrected chi connectivity index (χ0v) is 26.0. The Bertz CT molecular complexity index is 1370. The fraction of sp³-hybridized carbons (Fsp3) is 0.367. The van der Waals surface area contributed by atoms with Crippen LogP contribution in [0.2, 0.25) is 15.1 Å². The van der Waals surface area contributed by atoms with Gasteiger partial charge >= 0.3 is 5.97 Å². The summed E-state index contributed by atoms with van der Waals surface area (Å²) in [5.74, 6) is -1.11. The minimum atomic E-state index is -1.31. The van der Waals surface area contributed by atoms with E-state index in [1.54, 1.807) is 48.5 Å². The number of ether oxygens (including phenoxy) is 1. The van der Waals surface area contributed by atoms with Crippen LogP contribution >= 0.6 is 47.2 Å². The van der Waals surface area contributed by atoms with Crippen molar-refractivity contribution in [3.05, 3.63) is 69.3 Å². The van der Waals surface area contributed by atoms with Gasteiger partial charge in [0, 0.05) is 33.3 Å². The molecule has 3 aromatic rings. The third kappa shape index (κ3) is 7.85. The van der Waals surface area contributed by atoms with E-state index in [2.05, 4.69) is 10.2 Å². The number of rotatable bonds is 10. The zero-order valence-electron chi connectivity index (χ0n) is 22.9. The molecule has 1 aromatic heterocycles. The van der Waals surface area contributed by atoms with Gasteiger partial charge in [0.15, 0.2) is 0 Å². The highest BCUT2D eigenvalue weighted by atomic mass is 35.5. The second kappa shape index (κ2) is 14.6. The molecule has 1 aliphatic rings. The number of carbonyl (C=O) groups excluding carboxylic acids is 1. The van der Waals surface area contributed by atoms with Crippen LogP contribution in [-0.2, 0) is 4.79 Å². The number of aromatic nitrogens is 1. The first kappa shape index (κ1) is 33.0. The average Bonchev–Trinajstić information content (AvgIpc) is 2.92. The number of carboxylic acid groups (broad SMARTS) is 1. The zero-order chi connectivity index (χ0) is 28.9. The first-order valence-corrected chi connectivity index (χ1v) is 14.3. The van der Waals surface area contributed by atoms with Gasteiger partial charge in [-0.3, -0.25) is 4.79 Å². The molecule has 7 nitrogen and oxygen atoms in total. The maximum Gasteiger partial charge on any atom is 0.329 e. The monoisotopic (exact) mass is 639 g/mol. The number of hydrogen-bond acceptors (Lipinski definition) is 5. The molecule has 220 valence electrons. The van der Waals surface area contributed by atoms with E-state index in [0.29, 0.717) is 62.7 Å². The number of benzene rings is 2. The van der Waals surface area contributed by atoms with Crippen molar-refractivity contribution >= 4 is 59.1 Å². The van der Waals surface area contributed by atoms with E-state index < -0.39 is 17.4 Å². The minimum absolute atomic E-state index is 0. The van der Waals surface area contributed by atoms with Crippen LogP contribution in [0.25, 0.3) is 22.4 Å². The summed E-state index contributed by atoms with van der Waals surface area (Å²) < 4.78 is 5.98. The summed E-state index contributed by atoms with van der Waals surface area (Å²) in [6.45, 7) is 1.33. The average molecular weight is 641 g/mol. The first-order valence-electron chi connectivity index (χ1n) is 13.2. The molecule has 4 rings (SSSR count). The molecule has 0 saturated heterocycles. The number of aliphatic carboxylic acids is 1. The Morgan fingerprint density at radius 3 is 2.32 bits per heavy atom. The van der Waals surface area contributed by atoms with Crippen LogP contribution in [-0.4, -0.2) is 59.7 Å². The summed E-state index contributed by atoms with van der Waals surface area (Å²) in [6, 6.07) is 13.8. The smallest absolute Gasteiger partial charge is 0.329 e. The van der Waals surface area contributed by atoms with E-state index >= 15 is 0 Å². The lowest BCUT2D eigenvalue weighted by atomic mass is 9.81. The van der Waals surface area contributed by atoms with Gasteiger partial charge in [0.1, 0.15) is 17.0 Å². The Morgan fingerprint density at radius 1 is 1.00 bits per heavy atom. The molecule has 1 amide bonds. The van der Waals surface area contributed by atoms with Gasteiger partial charge in [-0.25, -0.2) is 9.78 Å². The SMILES string of the molecule is CN(C)CCCOc1cc(-c2nc(C(=O)NC3(C(=O)O)CCCCC3)ccc2-c2c(Cl)cccc2Cl)ccc1Cl.Cl. The lowest BCUT2D eigenvalue weighted by molar-refractivity contribution is -0.145. The van der Waals surface area contributed by atoms with Crippen molar-refractivity contribution in [3.63, 3.8) is 0 Å². The second-order valence-corrected chi connectivity index (χ2v) is 11.5. The Balaban J connectivity index is 0.00000462. The predicted octanol–water partition coefficient (Wildman–Crippen LogP) is 7.65. The fourth-order valence-corrected chi connectivity index (χ4v) is 5.69. The molecule has 1 heterocycles. The minimum Gasteiger partial charge on any atom is -0.492 e. The molecule has 0 spiro atoms. The molecule has 2 N–H and O–H groups in total. The number of nitrogens with zero attached hydrogens (tertiary/aromatic N) is 2. The summed E-state index contributed by atoms with van der Waals surface area (Å²) in [4.78, 5) is 32.4. The molecule has 0 radical (unpaired) electrons. The molecule has 0 aliphatic heterocycles. The van der Waals surface area contributed by atoms with Gasteiger partial charge < -0.3 is 20.1 Å². The van der Waals surface area contributed by atoms with Crippen LogP contribution in [0, 0.1) is 0 Å². The standard InChI is InChI=1S/C30H32Cl3N3O4.ClH/c1-36(2)16-7-17-40-25-18-19(10-12-21(25)31)27-20(26-22(32)8-6-9-23(26)33)11-13-24(34-27)28(37)35-30(29(38)39)14-4-3-5-15-30;/h6,8-13,18H,3-5,7,14-17H2,1-2H3,(H,35,37)(H,38,39);1H. The van der Waals surface area contributed by atoms with Crippen molar-refractivity contribution in [2.24, 2.45) is 0 Å². The van der Waals surface area contributed by atoms with Gasteiger partial charge in [0.2, 0.25) is 0 Å². The van der Waals surface area contributed by atoms with Crippen LogP contribution in [0.1, 0.15) is 49.0 Å². The highest BCUT2D eigenvalue weighted by Crippen LogP contribution is 2.41. The third-order valence-electron chi connectivity index (χ3n) is 7.04. The van der Waals surface area contributed by atoms with Gasteiger partial charge in [-0.15, -0.1) is 12.4 Å². The lowest BCUT2D eigenvalue weighted by Crippen LogP contribution is -2.55. The molecule has 1 aliphatic carbocycles. The molecule has 41 heavy (non-hydrogen) atoms. The number of nitrogens with one attached hydrogen (secondary N) is 1. The Morgan fingerprint density at radius 2 is 1.68 bits per heavy atom. The number of halogens is 4. The van der Waals surface area contributed by atoms with Crippen molar-refractivity contribution in [1.82, 2.24) is 15.2 Å². The van der Waals surface area contributed by atoms with Gasteiger partial charge in [0.25, 0.3) is 5.91 Å². The number of hydrogen-bond donors (Lipinski definition) is 2. The van der Waals surface area contributed by atoms with Crippen molar-refractivity contribution in [2.75, 3.05) is 27.2 Å². The Labute approximate surface area is 261 Å². The largest absolute Gasteiger partial charge is 0.492 e. The molecule has 0 unspecified atom stereocenters. The molecular weight excluding hydrogens is 608 g/mol. The Kier molecular flexibility index (Phi) is 11.7. The molecule has 0 bridgehead atoms. The first-order chi connectivity index (χ1) is 19.1. The molecule has 0 atom stereocenters. The van der Waals surface area contributed by atoms with Crippen molar-refractivity contribution in [1.29, 1.82) is 0 Å².